The van der Waals surface area contributed by atoms with Crippen LogP contribution in [0.3, 0.4) is 0 Å². The molecule has 12 heteroatoms. The highest BCUT2D eigenvalue weighted by atomic mass is 35.5. The molecule has 2 aromatic heterocycles. The predicted octanol–water partition coefficient (Wildman–Crippen LogP) is 1.92. The maximum Gasteiger partial charge on any atom is 0.329 e. The molecular weight excluding hydrogens is 402 g/mol. The number of non-ortho nitro benzene ring substituents is 1. The second-order valence-corrected chi connectivity index (χ2v) is 6.64. The fourth-order valence-electron chi connectivity index (χ4n) is 2.56. The molecule has 0 unspecified atom stereocenters. The van der Waals surface area contributed by atoms with Crippen LogP contribution in [0.1, 0.15) is 12.5 Å². The van der Waals surface area contributed by atoms with E-state index in [1.54, 1.807) is 25.1 Å². The number of H-pyrrole nitrogens is 1. The summed E-state index contributed by atoms with van der Waals surface area (Å²) in [5.74, 6) is 0.221. The smallest absolute Gasteiger partial charge is 0.299 e. The van der Waals surface area contributed by atoms with Gasteiger partial charge < -0.3 is 0 Å². The van der Waals surface area contributed by atoms with Gasteiger partial charge in [-0.25, -0.2) is 10.2 Å². The Morgan fingerprint density at radius 2 is 2.07 bits per heavy atom. The Morgan fingerprint density at radius 3 is 2.69 bits per heavy atom. The van der Waals surface area contributed by atoms with Crippen molar-refractivity contribution < 1.29 is 4.92 Å². The number of allylic oxidation sites excluding steroid dienone is 2. The minimum atomic E-state index is -0.586. The Morgan fingerprint density at radius 1 is 1.38 bits per heavy atom. The predicted molar refractivity (Wildman–Crippen MR) is 110 cm³/mol. The molecule has 3 rings (SSSR count). The molecule has 0 amide bonds. The topological polar surface area (TPSA) is 140 Å². The third-order valence-electron chi connectivity index (χ3n) is 4.04. The molecule has 0 saturated heterocycles. The quantitative estimate of drug-likeness (QED) is 0.356. The van der Waals surface area contributed by atoms with Crippen molar-refractivity contribution in [2.24, 2.45) is 12.1 Å². The number of imidazole rings is 1. The number of aromatic nitrogens is 4. The third-order valence-corrected chi connectivity index (χ3v) is 4.20. The second kappa shape index (κ2) is 8.10. The lowest BCUT2D eigenvalue weighted by atomic mass is 10.2. The summed E-state index contributed by atoms with van der Waals surface area (Å²) in [7, 11) is 1.49. The molecule has 1 aromatic carbocycles. The van der Waals surface area contributed by atoms with Gasteiger partial charge in [0.05, 0.1) is 11.1 Å². The molecular formula is C17H16ClN7O4. The van der Waals surface area contributed by atoms with Gasteiger partial charge >= 0.3 is 5.69 Å². The zero-order valence-electron chi connectivity index (χ0n) is 15.4. The molecule has 11 nitrogen and oxygen atoms in total. The highest BCUT2D eigenvalue weighted by Gasteiger charge is 2.16. The first-order chi connectivity index (χ1) is 13.8. The van der Waals surface area contributed by atoms with E-state index in [4.69, 9.17) is 11.6 Å². The fourth-order valence-corrected chi connectivity index (χ4v) is 2.63. The standard InChI is InChI=1S/C17H16ClN7O4/c1-10(18)7-8-24-13-14(23(2)17(27)21-15(13)26)20-16(24)22-19-9-11-3-5-12(6-4-11)25(28)29/h3-7,9H,8H2,1-2H3,(H,20,22)(H,21,26,27)/b10-7-,19-9+. The average Bonchev–Trinajstić information content (AvgIpc) is 3.04. The molecule has 0 bridgehead atoms. The maximum atomic E-state index is 12.3. The normalized spacial score (nSPS) is 12.0. The maximum absolute atomic E-state index is 12.3. The monoisotopic (exact) mass is 417 g/mol. The first-order valence-electron chi connectivity index (χ1n) is 8.33. The number of nitro benzene ring substituents is 1. The van der Waals surface area contributed by atoms with Crippen molar-refractivity contribution in [2.75, 3.05) is 5.43 Å². The lowest BCUT2D eigenvalue weighted by Gasteiger charge is -2.05. The number of rotatable bonds is 6. The molecule has 2 heterocycles. The second-order valence-electron chi connectivity index (χ2n) is 6.05. The molecule has 0 atom stereocenters. The number of hydrazone groups is 1. The lowest BCUT2D eigenvalue weighted by molar-refractivity contribution is -0.384. The minimum absolute atomic E-state index is 0.0275. The van der Waals surface area contributed by atoms with Crippen LogP contribution >= 0.6 is 11.6 Å². The third kappa shape index (κ3) is 4.24. The number of halogens is 1. The van der Waals surface area contributed by atoms with Crippen molar-refractivity contribution in [3.63, 3.8) is 0 Å². The van der Waals surface area contributed by atoms with Gasteiger partial charge in [0.25, 0.3) is 11.2 Å². The summed E-state index contributed by atoms with van der Waals surface area (Å²) in [5, 5.41) is 15.3. The van der Waals surface area contributed by atoms with Crippen molar-refractivity contribution in [2.45, 2.75) is 13.5 Å². The van der Waals surface area contributed by atoms with Crippen LogP contribution in [0.5, 0.6) is 0 Å². The highest BCUT2D eigenvalue weighted by Crippen LogP contribution is 2.16. The van der Waals surface area contributed by atoms with Crippen molar-refractivity contribution >= 4 is 40.6 Å². The zero-order chi connectivity index (χ0) is 21.1. The van der Waals surface area contributed by atoms with Crippen molar-refractivity contribution in [3.8, 4) is 0 Å². The fraction of sp³-hybridized carbons (Fsp3) is 0.176. The number of benzene rings is 1. The summed E-state index contributed by atoms with van der Waals surface area (Å²) in [4.78, 5) is 40.9. The molecule has 29 heavy (non-hydrogen) atoms. The molecule has 0 fully saturated rings. The summed E-state index contributed by atoms with van der Waals surface area (Å²) in [6, 6.07) is 5.81. The number of hydrogen-bond donors (Lipinski definition) is 2. The number of nitrogens with zero attached hydrogens (tertiary/aromatic N) is 5. The number of nitrogens with one attached hydrogen (secondary N) is 2. The van der Waals surface area contributed by atoms with E-state index in [2.05, 4.69) is 20.5 Å². The van der Waals surface area contributed by atoms with Gasteiger partial charge in [0.1, 0.15) is 0 Å². The zero-order valence-corrected chi connectivity index (χ0v) is 16.2. The van der Waals surface area contributed by atoms with Crippen molar-refractivity contribution in [3.05, 3.63) is 71.9 Å². The van der Waals surface area contributed by atoms with E-state index in [0.29, 0.717) is 10.6 Å². The molecule has 0 saturated carbocycles. The first kappa shape index (κ1) is 20.0. The van der Waals surface area contributed by atoms with Gasteiger partial charge in [-0.2, -0.15) is 10.1 Å². The van der Waals surface area contributed by atoms with Crippen molar-refractivity contribution in [1.29, 1.82) is 0 Å². The molecule has 2 N–H and O–H groups in total. The molecule has 0 aliphatic heterocycles. The summed E-state index contributed by atoms with van der Waals surface area (Å²) in [6.45, 7) is 1.92. The van der Waals surface area contributed by atoms with Crippen LogP contribution in [0, 0.1) is 10.1 Å². The van der Waals surface area contributed by atoms with Gasteiger partial charge in [0.15, 0.2) is 11.2 Å². The Bertz CT molecular complexity index is 1250. The number of anilines is 1. The van der Waals surface area contributed by atoms with Crippen LogP contribution in [0.2, 0.25) is 0 Å². The van der Waals surface area contributed by atoms with Gasteiger partial charge in [-0.15, -0.1) is 0 Å². The molecule has 0 aliphatic carbocycles. The molecule has 0 spiro atoms. The van der Waals surface area contributed by atoms with Crippen molar-refractivity contribution in [1.82, 2.24) is 19.1 Å². The molecule has 150 valence electrons. The van der Waals surface area contributed by atoms with E-state index in [9.17, 15) is 19.7 Å². The van der Waals surface area contributed by atoms with Crippen LogP contribution in [0.4, 0.5) is 11.6 Å². The van der Waals surface area contributed by atoms with Crippen LogP contribution in [0.25, 0.3) is 11.2 Å². The van der Waals surface area contributed by atoms with E-state index in [1.807, 2.05) is 0 Å². The Labute approximate surface area is 168 Å². The average molecular weight is 418 g/mol. The number of hydrogen-bond acceptors (Lipinski definition) is 7. The number of aromatic amines is 1. The summed E-state index contributed by atoms with van der Waals surface area (Å²) < 4.78 is 2.75. The Hall–Kier alpha value is -3.73. The first-order valence-corrected chi connectivity index (χ1v) is 8.71. The number of aryl methyl sites for hydroxylation is 1. The van der Waals surface area contributed by atoms with E-state index in [0.717, 1.165) is 0 Å². The summed E-state index contributed by atoms with van der Waals surface area (Å²) >= 11 is 5.90. The Kier molecular flexibility index (Phi) is 5.59. The van der Waals surface area contributed by atoms with Gasteiger partial charge in [0.2, 0.25) is 5.95 Å². The van der Waals surface area contributed by atoms with Crippen LogP contribution in [-0.2, 0) is 13.6 Å². The van der Waals surface area contributed by atoms with Gasteiger partial charge in [-0.05, 0) is 24.6 Å². The number of fused-ring (bicyclic) bond motifs is 1. The summed E-state index contributed by atoms with van der Waals surface area (Å²) in [6.07, 6.45) is 3.12. The number of nitro groups is 1. The Balaban J connectivity index is 1.98. The lowest BCUT2D eigenvalue weighted by Crippen LogP contribution is -2.29. The van der Waals surface area contributed by atoms with E-state index in [1.165, 1.54) is 34.5 Å². The van der Waals surface area contributed by atoms with Crippen LogP contribution in [0.15, 0.2) is 50.1 Å². The van der Waals surface area contributed by atoms with Gasteiger partial charge in [0, 0.05) is 30.8 Å². The van der Waals surface area contributed by atoms with E-state index in [-0.39, 0.29) is 29.3 Å². The minimum Gasteiger partial charge on any atom is -0.299 e. The van der Waals surface area contributed by atoms with E-state index < -0.39 is 16.2 Å². The summed E-state index contributed by atoms with van der Waals surface area (Å²) in [5.41, 5.74) is 2.53. The van der Waals surface area contributed by atoms with Gasteiger partial charge in [-0.3, -0.25) is 29.0 Å². The highest BCUT2D eigenvalue weighted by molar-refractivity contribution is 6.29. The SMILES string of the molecule is C/C(Cl)=C/Cn1c(N/N=C/c2ccc([N+](=O)[O-])cc2)nc2c1c(=O)[nH]c(=O)n2C. The van der Waals surface area contributed by atoms with Crippen LogP contribution in [-0.4, -0.2) is 30.2 Å². The molecule has 0 radical (unpaired) electrons. The van der Waals surface area contributed by atoms with Gasteiger partial charge in [-0.1, -0.05) is 17.7 Å². The molecule has 0 aliphatic rings. The van der Waals surface area contributed by atoms with Crippen LogP contribution < -0.4 is 16.7 Å². The largest absolute Gasteiger partial charge is 0.329 e. The molecule has 3 aromatic rings. The van der Waals surface area contributed by atoms with E-state index >= 15 is 0 Å².